The molecule has 2 heterocycles. The summed E-state index contributed by atoms with van der Waals surface area (Å²) in [5, 5.41) is 18.2. The highest BCUT2D eigenvalue weighted by Crippen LogP contribution is 2.20. The molecule has 3 rings (SSSR count). The smallest absolute Gasteiger partial charge is 0.253 e. The van der Waals surface area contributed by atoms with Crippen LogP contribution in [-0.4, -0.2) is 120 Å². The van der Waals surface area contributed by atoms with Gasteiger partial charge in [0.15, 0.2) is 0 Å². The van der Waals surface area contributed by atoms with Crippen molar-refractivity contribution in [3.63, 3.8) is 0 Å². The van der Waals surface area contributed by atoms with E-state index in [1.54, 1.807) is 24.3 Å². The van der Waals surface area contributed by atoms with Crippen LogP contribution >= 0.6 is 0 Å². The zero-order valence-corrected chi connectivity index (χ0v) is 19.4. The van der Waals surface area contributed by atoms with Crippen molar-refractivity contribution < 1.29 is 19.8 Å². The Kier molecular flexibility index (Phi) is 9.04. The molecular formula is C24H38N4O4. The van der Waals surface area contributed by atoms with E-state index in [0.717, 1.165) is 25.7 Å². The zero-order valence-electron chi connectivity index (χ0n) is 19.4. The Labute approximate surface area is 191 Å². The molecule has 2 N–H and O–H groups in total. The second kappa shape index (κ2) is 11.7. The van der Waals surface area contributed by atoms with Crippen molar-refractivity contribution in [1.82, 2.24) is 19.6 Å². The molecule has 2 fully saturated rings. The van der Waals surface area contributed by atoms with Crippen LogP contribution in [-0.2, 0) is 0 Å². The second-order valence-corrected chi connectivity index (χ2v) is 9.03. The Morgan fingerprint density at radius 2 is 1.06 bits per heavy atom. The molecule has 2 aliphatic heterocycles. The van der Waals surface area contributed by atoms with E-state index in [2.05, 4.69) is 9.80 Å². The Balaban J connectivity index is 1.51. The van der Waals surface area contributed by atoms with Crippen LogP contribution in [0.4, 0.5) is 0 Å². The van der Waals surface area contributed by atoms with Gasteiger partial charge in [0.25, 0.3) is 11.8 Å². The van der Waals surface area contributed by atoms with E-state index in [4.69, 9.17) is 10.2 Å². The van der Waals surface area contributed by atoms with E-state index < -0.39 is 0 Å². The highest BCUT2D eigenvalue weighted by Gasteiger charge is 2.27. The largest absolute Gasteiger partial charge is 0.395 e. The number of nitrogens with zero attached hydrogens (tertiary/aromatic N) is 4. The summed E-state index contributed by atoms with van der Waals surface area (Å²) in [4.78, 5) is 33.9. The Bertz CT molecular complexity index is 678. The number of likely N-dealkylation sites (N-methyl/N-ethyl adjacent to an activating group) is 2. The SMILES string of the molecule is CN(CCO)C1CCN(C(=O)c2ccc(C(=O)N3CCC(N(C)CCO)CC3)cc2)CC1. The van der Waals surface area contributed by atoms with Crippen molar-refractivity contribution in [1.29, 1.82) is 0 Å². The maximum Gasteiger partial charge on any atom is 0.253 e. The molecule has 1 aromatic carbocycles. The second-order valence-electron chi connectivity index (χ2n) is 9.03. The maximum atomic E-state index is 12.9. The molecule has 8 heteroatoms. The lowest BCUT2D eigenvalue weighted by Crippen LogP contribution is -2.46. The summed E-state index contributed by atoms with van der Waals surface area (Å²) in [6, 6.07) is 7.86. The average molecular weight is 447 g/mol. The molecule has 0 aromatic heterocycles. The van der Waals surface area contributed by atoms with E-state index in [1.807, 2.05) is 23.9 Å². The van der Waals surface area contributed by atoms with E-state index in [-0.39, 0.29) is 25.0 Å². The Hall–Kier alpha value is -2.00. The van der Waals surface area contributed by atoms with Gasteiger partial charge in [0.1, 0.15) is 0 Å². The Morgan fingerprint density at radius 3 is 1.34 bits per heavy atom. The minimum absolute atomic E-state index is 0.0139. The van der Waals surface area contributed by atoms with Crippen LogP contribution in [0, 0.1) is 0 Å². The van der Waals surface area contributed by atoms with Gasteiger partial charge in [-0.1, -0.05) is 0 Å². The van der Waals surface area contributed by atoms with Crippen LogP contribution < -0.4 is 0 Å². The topological polar surface area (TPSA) is 87.6 Å². The van der Waals surface area contributed by atoms with Gasteiger partial charge in [-0.15, -0.1) is 0 Å². The Morgan fingerprint density at radius 1 is 0.750 bits per heavy atom. The number of likely N-dealkylation sites (tertiary alicyclic amines) is 2. The molecule has 0 aliphatic carbocycles. The standard InChI is InChI=1S/C24H38N4O4/c1-25(15-17-29)21-7-11-27(12-8-21)23(31)19-3-5-20(6-4-19)24(32)28-13-9-22(10-14-28)26(2)16-18-30/h3-6,21-22,29-30H,7-18H2,1-2H3. The number of carbonyl (C=O) groups excluding carboxylic acids is 2. The van der Waals surface area contributed by atoms with E-state index in [9.17, 15) is 9.59 Å². The fraction of sp³-hybridized carbons (Fsp3) is 0.667. The van der Waals surface area contributed by atoms with E-state index in [1.165, 1.54) is 0 Å². The van der Waals surface area contributed by atoms with Crippen molar-refractivity contribution in [3.05, 3.63) is 35.4 Å². The molecule has 2 saturated heterocycles. The van der Waals surface area contributed by atoms with Crippen molar-refractivity contribution in [2.24, 2.45) is 0 Å². The molecule has 32 heavy (non-hydrogen) atoms. The van der Waals surface area contributed by atoms with Crippen LogP contribution in [0.1, 0.15) is 46.4 Å². The number of hydrogen-bond donors (Lipinski definition) is 2. The first-order valence-corrected chi connectivity index (χ1v) is 11.8. The molecule has 8 nitrogen and oxygen atoms in total. The number of hydrogen-bond acceptors (Lipinski definition) is 6. The lowest BCUT2D eigenvalue weighted by Gasteiger charge is -2.37. The summed E-state index contributed by atoms with van der Waals surface area (Å²) in [6.45, 7) is 4.45. The van der Waals surface area contributed by atoms with Gasteiger partial charge in [0.2, 0.25) is 0 Å². The number of piperidine rings is 2. The number of aliphatic hydroxyl groups excluding tert-OH is 2. The monoisotopic (exact) mass is 446 g/mol. The van der Waals surface area contributed by atoms with Crippen LogP contribution in [0.2, 0.25) is 0 Å². The van der Waals surface area contributed by atoms with Gasteiger partial charge < -0.3 is 29.8 Å². The van der Waals surface area contributed by atoms with Crippen LogP contribution in [0.5, 0.6) is 0 Å². The first-order chi connectivity index (χ1) is 15.4. The molecule has 0 unspecified atom stereocenters. The van der Waals surface area contributed by atoms with Crippen molar-refractivity contribution >= 4 is 11.8 Å². The molecule has 178 valence electrons. The molecule has 1 aromatic rings. The van der Waals surface area contributed by atoms with Gasteiger partial charge in [-0.25, -0.2) is 0 Å². The van der Waals surface area contributed by atoms with Crippen molar-refractivity contribution in [2.75, 3.05) is 66.6 Å². The van der Waals surface area contributed by atoms with E-state index >= 15 is 0 Å². The van der Waals surface area contributed by atoms with Crippen LogP contribution in [0.25, 0.3) is 0 Å². The van der Waals surface area contributed by atoms with Gasteiger partial charge in [-0.05, 0) is 64.0 Å². The normalized spacial score (nSPS) is 18.6. The molecular weight excluding hydrogens is 408 g/mol. The number of rotatable bonds is 8. The number of aliphatic hydroxyl groups is 2. The van der Waals surface area contributed by atoms with Crippen LogP contribution in [0.3, 0.4) is 0 Å². The zero-order chi connectivity index (χ0) is 23.1. The quantitative estimate of drug-likeness (QED) is 0.613. The van der Waals surface area contributed by atoms with Gasteiger partial charge in [-0.3, -0.25) is 9.59 Å². The lowest BCUT2D eigenvalue weighted by molar-refractivity contribution is 0.0618. The van der Waals surface area contributed by atoms with Crippen LogP contribution in [0.15, 0.2) is 24.3 Å². The summed E-state index contributed by atoms with van der Waals surface area (Å²) >= 11 is 0. The molecule has 0 radical (unpaired) electrons. The number of carbonyl (C=O) groups is 2. The third kappa shape index (κ3) is 6.07. The highest BCUT2D eigenvalue weighted by atomic mass is 16.3. The molecule has 2 aliphatic rings. The maximum absolute atomic E-state index is 12.9. The average Bonchev–Trinajstić information content (AvgIpc) is 2.84. The third-order valence-corrected chi connectivity index (χ3v) is 7.03. The van der Waals surface area contributed by atoms with Gasteiger partial charge in [0.05, 0.1) is 13.2 Å². The highest BCUT2D eigenvalue weighted by molar-refractivity contribution is 5.98. The molecule has 0 saturated carbocycles. The molecule has 0 spiro atoms. The van der Waals surface area contributed by atoms with Gasteiger partial charge in [-0.2, -0.15) is 0 Å². The summed E-state index contributed by atoms with van der Waals surface area (Å²) in [7, 11) is 4.04. The molecule has 0 atom stereocenters. The van der Waals surface area contributed by atoms with Gasteiger partial charge in [0, 0.05) is 62.5 Å². The summed E-state index contributed by atoms with van der Waals surface area (Å²) in [6.07, 6.45) is 3.62. The predicted molar refractivity (Wildman–Crippen MR) is 124 cm³/mol. The molecule has 2 amide bonds. The van der Waals surface area contributed by atoms with Crippen molar-refractivity contribution in [3.8, 4) is 0 Å². The first-order valence-electron chi connectivity index (χ1n) is 11.8. The summed E-state index contributed by atoms with van der Waals surface area (Å²) in [5.74, 6) is 0.0278. The third-order valence-electron chi connectivity index (χ3n) is 7.03. The minimum atomic E-state index is 0.0139. The fourth-order valence-electron chi connectivity index (χ4n) is 4.82. The predicted octanol–water partition coefficient (Wildman–Crippen LogP) is 0.744. The number of benzene rings is 1. The number of amides is 2. The van der Waals surface area contributed by atoms with E-state index in [0.29, 0.717) is 62.5 Å². The lowest BCUT2D eigenvalue weighted by atomic mass is 10.0. The molecule has 0 bridgehead atoms. The summed E-state index contributed by atoms with van der Waals surface area (Å²) in [5.41, 5.74) is 1.24. The summed E-state index contributed by atoms with van der Waals surface area (Å²) < 4.78 is 0. The fourth-order valence-corrected chi connectivity index (χ4v) is 4.82. The van der Waals surface area contributed by atoms with Gasteiger partial charge >= 0.3 is 0 Å². The minimum Gasteiger partial charge on any atom is -0.395 e. The first kappa shape index (κ1) is 24.6. The van der Waals surface area contributed by atoms with Crippen molar-refractivity contribution in [2.45, 2.75) is 37.8 Å².